The summed E-state index contributed by atoms with van der Waals surface area (Å²) in [5.74, 6) is -0.701. The molecule has 1 saturated carbocycles. The molecule has 1 fully saturated rings. The Kier molecular flexibility index (Phi) is 5.83. The number of nitrogens with zero attached hydrogens (tertiary/aromatic N) is 2. The second kappa shape index (κ2) is 8.55. The second-order valence-corrected chi connectivity index (χ2v) is 8.51. The average Bonchev–Trinajstić information content (AvgIpc) is 3.59. The molecule has 3 N–H and O–H groups in total. The number of aryl methyl sites for hydroxylation is 2. The Balaban J connectivity index is 1.76. The lowest BCUT2D eigenvalue weighted by Crippen LogP contribution is -2.32. The number of rotatable bonds is 8. The van der Waals surface area contributed by atoms with Gasteiger partial charge < -0.3 is 10.8 Å². The Morgan fingerprint density at radius 1 is 1.13 bits per heavy atom. The van der Waals surface area contributed by atoms with Gasteiger partial charge >= 0.3 is 0 Å². The van der Waals surface area contributed by atoms with Gasteiger partial charge in [-0.05, 0) is 80.0 Å². The summed E-state index contributed by atoms with van der Waals surface area (Å²) >= 11 is 0. The van der Waals surface area contributed by atoms with E-state index in [0.29, 0.717) is 17.7 Å². The largest absolute Gasteiger partial charge is 0.389 e. The van der Waals surface area contributed by atoms with Crippen molar-refractivity contribution >= 4 is 5.91 Å². The Hall–Kier alpha value is -3.12. The van der Waals surface area contributed by atoms with Crippen LogP contribution in [0.25, 0.3) is 11.1 Å². The zero-order valence-corrected chi connectivity index (χ0v) is 17.5. The van der Waals surface area contributed by atoms with E-state index in [9.17, 15) is 14.3 Å². The number of benzene rings is 1. The summed E-state index contributed by atoms with van der Waals surface area (Å²) in [4.78, 5) is 21.1. The van der Waals surface area contributed by atoms with Gasteiger partial charge in [-0.1, -0.05) is 12.1 Å². The molecule has 0 radical (unpaired) electrons. The van der Waals surface area contributed by atoms with Gasteiger partial charge in [0.25, 0.3) is 5.91 Å². The van der Waals surface area contributed by atoms with E-state index in [4.69, 9.17) is 10.7 Å². The first-order chi connectivity index (χ1) is 14.8. The highest BCUT2D eigenvalue weighted by molar-refractivity contribution is 5.95. The smallest absolute Gasteiger partial charge is 0.250 e. The quantitative estimate of drug-likeness (QED) is 0.580. The lowest BCUT2D eigenvalue weighted by atomic mass is 9.90. The first-order valence-corrected chi connectivity index (χ1v) is 10.5. The molecule has 0 aliphatic heterocycles. The third-order valence-electron chi connectivity index (χ3n) is 5.98. The van der Waals surface area contributed by atoms with Gasteiger partial charge in [-0.3, -0.25) is 14.8 Å². The number of hydrogen-bond acceptors (Lipinski definition) is 4. The van der Waals surface area contributed by atoms with Crippen LogP contribution in [0.4, 0.5) is 4.39 Å². The number of nitrogens with two attached hydrogens (primary N) is 1. The topological polar surface area (TPSA) is 89.1 Å². The fourth-order valence-electron chi connectivity index (χ4n) is 4.01. The standard InChI is InChI=1S/C25H26FN3O2/c1-25(31,18-5-6-18)15-23-21(24(27)30)14-20(17-3-7-19(26)8-4-17)22(29-23)9-2-16-10-12-28-13-11-16/h3-4,7-8,10-14,18,31H,2,5-6,9,15H2,1H3,(H2,27,30)/t25-/m1/s1. The maximum Gasteiger partial charge on any atom is 0.250 e. The van der Waals surface area contributed by atoms with E-state index in [2.05, 4.69) is 4.98 Å². The molecule has 0 unspecified atom stereocenters. The number of pyridine rings is 2. The minimum atomic E-state index is -0.934. The SMILES string of the molecule is C[C@@](O)(Cc1nc(CCc2ccncc2)c(-c2ccc(F)cc2)cc1C(N)=O)C1CC1. The van der Waals surface area contributed by atoms with Crippen LogP contribution in [0.15, 0.2) is 54.9 Å². The van der Waals surface area contributed by atoms with Crippen molar-refractivity contribution in [1.82, 2.24) is 9.97 Å². The van der Waals surface area contributed by atoms with Crippen LogP contribution >= 0.6 is 0 Å². The van der Waals surface area contributed by atoms with Gasteiger partial charge in [0.15, 0.2) is 0 Å². The molecule has 1 aromatic carbocycles. The number of halogens is 1. The van der Waals surface area contributed by atoms with Crippen LogP contribution in [0.1, 0.15) is 47.1 Å². The number of aromatic nitrogens is 2. The van der Waals surface area contributed by atoms with Crippen LogP contribution in [0.5, 0.6) is 0 Å². The molecule has 160 valence electrons. The fraction of sp³-hybridized carbons (Fsp3) is 0.320. The van der Waals surface area contributed by atoms with E-state index in [1.165, 1.54) is 12.1 Å². The number of carbonyl (C=O) groups is 1. The first-order valence-electron chi connectivity index (χ1n) is 10.5. The van der Waals surface area contributed by atoms with E-state index in [1.54, 1.807) is 37.5 Å². The highest BCUT2D eigenvalue weighted by Gasteiger charge is 2.41. The van der Waals surface area contributed by atoms with Crippen LogP contribution < -0.4 is 5.73 Å². The predicted molar refractivity (Wildman–Crippen MR) is 117 cm³/mol. The molecule has 5 nitrogen and oxygen atoms in total. The molecule has 2 aromatic heterocycles. The van der Waals surface area contributed by atoms with Crippen molar-refractivity contribution in [2.24, 2.45) is 11.7 Å². The zero-order chi connectivity index (χ0) is 22.0. The van der Waals surface area contributed by atoms with Gasteiger partial charge in [-0.25, -0.2) is 4.39 Å². The Morgan fingerprint density at radius 3 is 2.42 bits per heavy atom. The van der Waals surface area contributed by atoms with Crippen molar-refractivity contribution in [1.29, 1.82) is 0 Å². The minimum Gasteiger partial charge on any atom is -0.389 e. The monoisotopic (exact) mass is 419 g/mol. The summed E-state index contributed by atoms with van der Waals surface area (Å²) in [5, 5.41) is 10.9. The highest BCUT2D eigenvalue weighted by Crippen LogP contribution is 2.41. The van der Waals surface area contributed by atoms with Gasteiger partial charge in [0.1, 0.15) is 5.82 Å². The Morgan fingerprint density at radius 2 is 1.81 bits per heavy atom. The van der Waals surface area contributed by atoms with Crippen molar-refractivity contribution in [2.75, 3.05) is 0 Å². The lowest BCUT2D eigenvalue weighted by Gasteiger charge is -2.24. The van der Waals surface area contributed by atoms with Gasteiger partial charge in [0.05, 0.1) is 16.9 Å². The number of aliphatic hydroxyl groups is 1. The third-order valence-corrected chi connectivity index (χ3v) is 5.98. The Labute approximate surface area is 181 Å². The Bertz CT molecular complexity index is 1080. The molecule has 6 heteroatoms. The molecule has 1 amide bonds. The predicted octanol–water partition coefficient (Wildman–Crippen LogP) is 3.87. The fourth-order valence-corrected chi connectivity index (χ4v) is 4.01. The van der Waals surface area contributed by atoms with Crippen molar-refractivity contribution in [3.63, 3.8) is 0 Å². The van der Waals surface area contributed by atoms with Gasteiger partial charge in [0, 0.05) is 30.1 Å². The summed E-state index contributed by atoms with van der Waals surface area (Å²) in [5.41, 5.74) is 8.98. The van der Waals surface area contributed by atoms with Gasteiger partial charge in [0.2, 0.25) is 0 Å². The highest BCUT2D eigenvalue weighted by atomic mass is 19.1. The molecule has 31 heavy (non-hydrogen) atoms. The summed E-state index contributed by atoms with van der Waals surface area (Å²) in [6.07, 6.45) is 7.06. The van der Waals surface area contributed by atoms with Crippen LogP contribution in [-0.4, -0.2) is 26.6 Å². The molecule has 0 spiro atoms. The van der Waals surface area contributed by atoms with Crippen LogP contribution in [0, 0.1) is 11.7 Å². The minimum absolute atomic E-state index is 0.215. The van der Waals surface area contributed by atoms with Crippen LogP contribution in [-0.2, 0) is 19.3 Å². The second-order valence-electron chi connectivity index (χ2n) is 8.51. The summed E-state index contributed by atoms with van der Waals surface area (Å²) in [6.45, 7) is 1.79. The van der Waals surface area contributed by atoms with E-state index < -0.39 is 11.5 Å². The molecule has 1 aliphatic rings. The van der Waals surface area contributed by atoms with Gasteiger partial charge in [-0.15, -0.1) is 0 Å². The molecule has 2 heterocycles. The molecular formula is C25H26FN3O2. The van der Waals surface area contributed by atoms with E-state index in [0.717, 1.165) is 41.6 Å². The van der Waals surface area contributed by atoms with Crippen molar-refractivity contribution < 1.29 is 14.3 Å². The number of carbonyl (C=O) groups excluding carboxylic acids is 1. The number of primary amides is 1. The summed E-state index contributed by atoms with van der Waals surface area (Å²) in [7, 11) is 0. The lowest BCUT2D eigenvalue weighted by molar-refractivity contribution is 0.0360. The van der Waals surface area contributed by atoms with E-state index >= 15 is 0 Å². The molecule has 1 aliphatic carbocycles. The molecule has 0 saturated heterocycles. The third kappa shape index (κ3) is 4.97. The first kappa shape index (κ1) is 21.1. The average molecular weight is 420 g/mol. The van der Waals surface area contributed by atoms with Crippen molar-refractivity contribution in [2.45, 2.75) is 44.6 Å². The van der Waals surface area contributed by atoms with Crippen molar-refractivity contribution in [3.8, 4) is 11.1 Å². The number of amides is 1. The maximum absolute atomic E-state index is 13.5. The van der Waals surface area contributed by atoms with Gasteiger partial charge in [-0.2, -0.15) is 0 Å². The number of hydrogen-bond donors (Lipinski definition) is 2. The molecule has 1 atom stereocenters. The van der Waals surface area contributed by atoms with Crippen LogP contribution in [0.3, 0.4) is 0 Å². The summed E-state index contributed by atoms with van der Waals surface area (Å²) < 4.78 is 13.5. The van der Waals surface area contributed by atoms with Crippen molar-refractivity contribution in [3.05, 3.63) is 83.2 Å². The normalized spacial score (nSPS) is 15.5. The molecular weight excluding hydrogens is 393 g/mol. The van der Waals surface area contributed by atoms with Crippen LogP contribution in [0.2, 0.25) is 0 Å². The van der Waals surface area contributed by atoms with E-state index in [1.807, 2.05) is 12.1 Å². The zero-order valence-electron chi connectivity index (χ0n) is 17.5. The molecule has 3 aromatic rings. The van der Waals surface area contributed by atoms with E-state index in [-0.39, 0.29) is 18.2 Å². The summed E-state index contributed by atoms with van der Waals surface area (Å²) in [6, 6.07) is 11.8. The molecule has 4 rings (SSSR count). The maximum atomic E-state index is 13.5. The molecule has 0 bridgehead atoms.